The van der Waals surface area contributed by atoms with Crippen molar-refractivity contribution in [1.82, 2.24) is 9.97 Å². The second-order valence-corrected chi connectivity index (χ2v) is 4.23. The molecular formula is C11H15N3O2. The molecule has 0 aliphatic heterocycles. The van der Waals surface area contributed by atoms with Crippen LogP contribution < -0.4 is 5.32 Å². The Morgan fingerprint density at radius 1 is 1.56 bits per heavy atom. The van der Waals surface area contributed by atoms with Crippen molar-refractivity contribution in [3.8, 4) is 0 Å². The minimum absolute atomic E-state index is 0.0307. The fourth-order valence-corrected chi connectivity index (χ4v) is 2.07. The molecule has 2 unspecified atom stereocenters. The van der Waals surface area contributed by atoms with Gasteiger partial charge in [-0.2, -0.15) is 0 Å². The molecule has 5 nitrogen and oxygen atoms in total. The molecule has 5 heteroatoms. The third-order valence-electron chi connectivity index (χ3n) is 3.05. The molecule has 1 aromatic heterocycles. The summed E-state index contributed by atoms with van der Waals surface area (Å²) in [6.45, 7) is 2.19. The lowest BCUT2D eigenvalue weighted by Crippen LogP contribution is -2.23. The first-order chi connectivity index (χ1) is 7.66. The highest BCUT2D eigenvalue weighted by Gasteiger charge is 2.23. The number of hydrogen-bond donors (Lipinski definition) is 2. The average Bonchev–Trinajstić information content (AvgIpc) is 2.65. The predicted molar refractivity (Wildman–Crippen MR) is 59.4 cm³/mol. The Morgan fingerprint density at radius 2 is 2.38 bits per heavy atom. The van der Waals surface area contributed by atoms with E-state index in [0.29, 0.717) is 17.9 Å². The van der Waals surface area contributed by atoms with E-state index >= 15 is 0 Å². The second-order valence-electron chi connectivity index (χ2n) is 4.23. The van der Waals surface area contributed by atoms with Gasteiger partial charge in [0, 0.05) is 12.2 Å². The van der Waals surface area contributed by atoms with Crippen LogP contribution in [-0.2, 0) is 0 Å². The van der Waals surface area contributed by atoms with Crippen LogP contribution in [0.4, 0.5) is 5.95 Å². The van der Waals surface area contributed by atoms with E-state index in [9.17, 15) is 4.79 Å². The molecule has 0 radical (unpaired) electrons. The van der Waals surface area contributed by atoms with Gasteiger partial charge in [0.15, 0.2) is 5.69 Å². The number of carbonyl (C=O) groups is 1. The zero-order valence-electron chi connectivity index (χ0n) is 9.18. The van der Waals surface area contributed by atoms with Crippen LogP contribution in [0.3, 0.4) is 0 Å². The topological polar surface area (TPSA) is 75.1 Å². The van der Waals surface area contributed by atoms with E-state index < -0.39 is 5.97 Å². The second kappa shape index (κ2) is 4.47. The molecule has 0 amide bonds. The summed E-state index contributed by atoms with van der Waals surface area (Å²) in [5.74, 6) is -0.0133. The van der Waals surface area contributed by atoms with Crippen LogP contribution in [0, 0.1) is 5.92 Å². The number of aromatic carboxylic acids is 1. The average molecular weight is 221 g/mol. The third-order valence-corrected chi connectivity index (χ3v) is 3.05. The van der Waals surface area contributed by atoms with Crippen molar-refractivity contribution in [2.45, 2.75) is 32.2 Å². The molecular weight excluding hydrogens is 206 g/mol. The number of nitrogens with one attached hydrogen (secondary N) is 1. The first kappa shape index (κ1) is 10.9. The van der Waals surface area contributed by atoms with E-state index in [4.69, 9.17) is 5.11 Å². The molecule has 1 fully saturated rings. The van der Waals surface area contributed by atoms with Crippen molar-refractivity contribution in [1.29, 1.82) is 0 Å². The maximum Gasteiger partial charge on any atom is 0.354 e. The Bertz CT molecular complexity index is 395. The maximum absolute atomic E-state index is 10.7. The third kappa shape index (κ3) is 2.29. The number of aromatic nitrogens is 2. The lowest BCUT2D eigenvalue weighted by atomic mass is 10.1. The van der Waals surface area contributed by atoms with Gasteiger partial charge in [-0.1, -0.05) is 13.3 Å². The zero-order chi connectivity index (χ0) is 11.5. The van der Waals surface area contributed by atoms with Gasteiger partial charge in [-0.15, -0.1) is 0 Å². The van der Waals surface area contributed by atoms with E-state index in [-0.39, 0.29) is 5.69 Å². The smallest absolute Gasteiger partial charge is 0.354 e. The van der Waals surface area contributed by atoms with E-state index in [0.717, 1.165) is 6.42 Å². The summed E-state index contributed by atoms with van der Waals surface area (Å²) in [6.07, 6.45) is 4.98. The molecule has 0 aromatic carbocycles. The molecule has 2 atom stereocenters. The Kier molecular flexibility index (Phi) is 3.03. The van der Waals surface area contributed by atoms with Crippen molar-refractivity contribution in [2.75, 3.05) is 5.32 Å². The Hall–Kier alpha value is -1.65. The molecule has 1 heterocycles. The van der Waals surface area contributed by atoms with Crippen LogP contribution in [0.1, 0.15) is 36.7 Å². The number of anilines is 1. The molecule has 16 heavy (non-hydrogen) atoms. The largest absolute Gasteiger partial charge is 0.477 e. The summed E-state index contributed by atoms with van der Waals surface area (Å²) < 4.78 is 0. The number of carboxylic acids is 1. The van der Waals surface area contributed by atoms with E-state index in [1.807, 2.05) is 0 Å². The van der Waals surface area contributed by atoms with Gasteiger partial charge in [-0.25, -0.2) is 14.8 Å². The van der Waals surface area contributed by atoms with E-state index in [1.54, 1.807) is 0 Å². The van der Waals surface area contributed by atoms with Crippen LogP contribution in [0.25, 0.3) is 0 Å². The molecule has 86 valence electrons. The highest BCUT2D eigenvalue weighted by molar-refractivity contribution is 5.85. The maximum atomic E-state index is 10.7. The lowest BCUT2D eigenvalue weighted by molar-refractivity contribution is 0.0690. The Morgan fingerprint density at radius 3 is 3.00 bits per heavy atom. The lowest BCUT2D eigenvalue weighted by Gasteiger charge is -2.16. The molecule has 0 bridgehead atoms. The minimum atomic E-state index is -1.02. The van der Waals surface area contributed by atoms with Gasteiger partial charge >= 0.3 is 5.97 Å². The van der Waals surface area contributed by atoms with Gasteiger partial charge in [-0.3, -0.25) is 0 Å². The Labute approximate surface area is 93.9 Å². The predicted octanol–water partition coefficient (Wildman–Crippen LogP) is 1.78. The molecule has 1 aliphatic rings. The van der Waals surface area contributed by atoms with Gasteiger partial charge in [0.25, 0.3) is 0 Å². The fourth-order valence-electron chi connectivity index (χ4n) is 2.07. The van der Waals surface area contributed by atoms with Crippen LogP contribution in [-0.4, -0.2) is 27.1 Å². The molecule has 1 aromatic rings. The van der Waals surface area contributed by atoms with Gasteiger partial charge in [0.05, 0.1) is 0 Å². The van der Waals surface area contributed by atoms with Crippen LogP contribution >= 0.6 is 0 Å². The standard InChI is InChI=1S/C11H15N3O2/c1-7-3-2-4-8(7)13-11-12-6-5-9(14-11)10(15)16/h5-8H,2-4H2,1H3,(H,15,16)(H,12,13,14). The number of nitrogens with zero attached hydrogens (tertiary/aromatic N) is 2. The van der Waals surface area contributed by atoms with Crippen molar-refractivity contribution >= 4 is 11.9 Å². The number of hydrogen-bond acceptors (Lipinski definition) is 4. The van der Waals surface area contributed by atoms with Gasteiger partial charge < -0.3 is 10.4 Å². The summed E-state index contributed by atoms with van der Waals surface area (Å²) in [7, 11) is 0. The minimum Gasteiger partial charge on any atom is -0.477 e. The van der Waals surface area contributed by atoms with Crippen LogP contribution in [0.2, 0.25) is 0 Å². The molecule has 1 aliphatic carbocycles. The summed E-state index contributed by atoms with van der Waals surface area (Å²) in [4.78, 5) is 18.7. The monoisotopic (exact) mass is 221 g/mol. The highest BCUT2D eigenvalue weighted by atomic mass is 16.4. The summed E-state index contributed by atoms with van der Waals surface area (Å²) >= 11 is 0. The van der Waals surface area contributed by atoms with Crippen LogP contribution in [0.15, 0.2) is 12.3 Å². The van der Waals surface area contributed by atoms with Gasteiger partial charge in [0.2, 0.25) is 5.95 Å². The van der Waals surface area contributed by atoms with Crippen LogP contribution in [0.5, 0.6) is 0 Å². The summed E-state index contributed by atoms with van der Waals surface area (Å²) in [6, 6.07) is 1.76. The van der Waals surface area contributed by atoms with Gasteiger partial charge in [0.1, 0.15) is 0 Å². The van der Waals surface area contributed by atoms with Gasteiger partial charge in [-0.05, 0) is 24.8 Å². The van der Waals surface area contributed by atoms with Crippen molar-refractivity contribution in [3.05, 3.63) is 18.0 Å². The molecule has 2 N–H and O–H groups in total. The normalized spacial score (nSPS) is 24.3. The van der Waals surface area contributed by atoms with Crippen molar-refractivity contribution < 1.29 is 9.90 Å². The number of carboxylic acid groups (broad SMARTS) is 1. The molecule has 0 saturated heterocycles. The molecule has 1 saturated carbocycles. The molecule has 0 spiro atoms. The summed E-state index contributed by atoms with van der Waals surface area (Å²) in [5, 5.41) is 12.0. The number of rotatable bonds is 3. The fraction of sp³-hybridized carbons (Fsp3) is 0.545. The Balaban J connectivity index is 2.09. The van der Waals surface area contributed by atoms with E-state index in [1.165, 1.54) is 25.1 Å². The van der Waals surface area contributed by atoms with Crippen molar-refractivity contribution in [2.24, 2.45) is 5.92 Å². The zero-order valence-corrected chi connectivity index (χ0v) is 9.18. The first-order valence-corrected chi connectivity index (χ1v) is 5.49. The molecule has 2 rings (SSSR count). The van der Waals surface area contributed by atoms with Crippen molar-refractivity contribution in [3.63, 3.8) is 0 Å². The SMILES string of the molecule is CC1CCCC1Nc1nccc(C(=O)O)n1. The van der Waals surface area contributed by atoms with E-state index in [2.05, 4.69) is 22.2 Å². The summed E-state index contributed by atoms with van der Waals surface area (Å²) in [5.41, 5.74) is 0.0307. The quantitative estimate of drug-likeness (QED) is 0.813. The highest BCUT2D eigenvalue weighted by Crippen LogP contribution is 2.26. The first-order valence-electron chi connectivity index (χ1n) is 5.49.